The molecule has 1 heterocycles. The summed E-state index contributed by atoms with van der Waals surface area (Å²) in [6.07, 6.45) is 1.97. The quantitative estimate of drug-likeness (QED) is 0.670. The normalized spacial score (nSPS) is 16.1. The van der Waals surface area contributed by atoms with Crippen LogP contribution in [0.3, 0.4) is 0 Å². The van der Waals surface area contributed by atoms with E-state index in [1.165, 1.54) is 0 Å². The van der Waals surface area contributed by atoms with E-state index in [-0.39, 0.29) is 17.7 Å². The molecule has 0 spiro atoms. The van der Waals surface area contributed by atoms with Crippen molar-refractivity contribution in [2.24, 2.45) is 5.92 Å². The summed E-state index contributed by atoms with van der Waals surface area (Å²) in [6.45, 7) is 2.04. The Morgan fingerprint density at radius 1 is 1.10 bits per heavy atom. The lowest BCUT2D eigenvalue weighted by molar-refractivity contribution is -0.140. The van der Waals surface area contributed by atoms with E-state index in [9.17, 15) is 9.59 Å². The number of likely N-dealkylation sites (tertiary alicyclic amines) is 1. The zero-order chi connectivity index (χ0) is 21.3. The van der Waals surface area contributed by atoms with Crippen molar-refractivity contribution in [2.45, 2.75) is 25.8 Å². The third-order valence-electron chi connectivity index (χ3n) is 5.38. The molecule has 0 N–H and O–H groups in total. The van der Waals surface area contributed by atoms with Crippen LogP contribution in [0.5, 0.6) is 11.5 Å². The molecule has 0 aromatic heterocycles. The molecule has 1 aliphatic rings. The average Bonchev–Trinajstić information content (AvgIpc) is 2.79. The van der Waals surface area contributed by atoms with Crippen molar-refractivity contribution in [3.63, 3.8) is 0 Å². The van der Waals surface area contributed by atoms with Gasteiger partial charge < -0.3 is 19.3 Å². The molecule has 1 saturated heterocycles. The summed E-state index contributed by atoms with van der Waals surface area (Å²) < 4.78 is 10.9. The molecule has 6 nitrogen and oxygen atoms in total. The van der Waals surface area contributed by atoms with Crippen LogP contribution >= 0.6 is 0 Å². The van der Waals surface area contributed by atoms with Gasteiger partial charge in [0.25, 0.3) is 0 Å². The first kappa shape index (κ1) is 21.7. The van der Waals surface area contributed by atoms with Gasteiger partial charge in [0, 0.05) is 26.7 Å². The number of benzene rings is 2. The highest BCUT2D eigenvalue weighted by Crippen LogP contribution is 2.21. The third kappa shape index (κ3) is 5.99. The number of nitrogens with zero attached hydrogens (tertiary/aromatic N) is 2. The van der Waals surface area contributed by atoms with Gasteiger partial charge in [-0.25, -0.2) is 0 Å². The number of piperidine rings is 1. The highest BCUT2D eigenvalue weighted by molar-refractivity contribution is 5.81. The minimum absolute atomic E-state index is 0.0406. The molecule has 0 saturated carbocycles. The number of hydrogen-bond acceptors (Lipinski definition) is 4. The minimum atomic E-state index is -0.159. The number of methoxy groups -OCH3 is 1. The molecule has 1 fully saturated rings. The SMILES string of the molecule is COc1cccc(CN(C)C(=O)C2CCCN(C(=O)CCOc3ccccc3)C2)c1. The molecule has 0 radical (unpaired) electrons. The lowest BCUT2D eigenvalue weighted by Crippen LogP contribution is -2.46. The van der Waals surface area contributed by atoms with E-state index in [1.807, 2.05) is 61.6 Å². The number of carbonyl (C=O) groups excluding carboxylic acids is 2. The van der Waals surface area contributed by atoms with Gasteiger partial charge in [0.1, 0.15) is 11.5 Å². The highest BCUT2D eigenvalue weighted by atomic mass is 16.5. The Labute approximate surface area is 178 Å². The standard InChI is InChI=1S/C24H30N2O4/c1-25(17-19-8-6-12-22(16-19)29-2)24(28)20-9-7-14-26(18-20)23(27)13-15-30-21-10-4-3-5-11-21/h3-6,8,10-12,16,20H,7,9,13-15,17-18H2,1-2H3. The van der Waals surface area contributed by atoms with Crippen LogP contribution in [0.2, 0.25) is 0 Å². The molecule has 2 aromatic rings. The second-order valence-corrected chi connectivity index (χ2v) is 7.64. The van der Waals surface area contributed by atoms with Gasteiger partial charge in [0.05, 0.1) is 26.1 Å². The number of carbonyl (C=O) groups is 2. The van der Waals surface area contributed by atoms with Gasteiger partial charge in [-0.1, -0.05) is 30.3 Å². The van der Waals surface area contributed by atoms with Gasteiger partial charge in [-0.15, -0.1) is 0 Å². The number of para-hydroxylation sites is 1. The zero-order valence-corrected chi connectivity index (χ0v) is 17.8. The summed E-state index contributed by atoms with van der Waals surface area (Å²) in [5.41, 5.74) is 1.02. The van der Waals surface area contributed by atoms with Crippen LogP contribution < -0.4 is 9.47 Å². The lowest BCUT2D eigenvalue weighted by Gasteiger charge is -2.34. The smallest absolute Gasteiger partial charge is 0.227 e. The van der Waals surface area contributed by atoms with Crippen molar-refractivity contribution < 1.29 is 19.1 Å². The molecule has 160 valence electrons. The number of amides is 2. The van der Waals surface area contributed by atoms with E-state index in [1.54, 1.807) is 16.9 Å². The number of rotatable bonds is 8. The topological polar surface area (TPSA) is 59.1 Å². The van der Waals surface area contributed by atoms with E-state index in [0.29, 0.717) is 32.7 Å². The summed E-state index contributed by atoms with van der Waals surface area (Å²) in [5.74, 6) is 1.50. The Morgan fingerprint density at radius 3 is 2.63 bits per heavy atom. The second kappa shape index (κ2) is 10.7. The Kier molecular flexibility index (Phi) is 7.71. The molecule has 1 unspecified atom stereocenters. The summed E-state index contributed by atoms with van der Waals surface area (Å²) in [4.78, 5) is 29.1. The van der Waals surface area contributed by atoms with Crippen LogP contribution in [0.1, 0.15) is 24.8 Å². The first-order chi connectivity index (χ1) is 14.6. The minimum Gasteiger partial charge on any atom is -0.497 e. The van der Waals surface area contributed by atoms with Crippen LogP contribution in [-0.2, 0) is 16.1 Å². The molecule has 0 aliphatic carbocycles. The van der Waals surface area contributed by atoms with E-state index in [2.05, 4.69) is 0 Å². The highest BCUT2D eigenvalue weighted by Gasteiger charge is 2.30. The first-order valence-corrected chi connectivity index (χ1v) is 10.4. The van der Waals surface area contributed by atoms with E-state index in [0.717, 1.165) is 29.9 Å². The fourth-order valence-corrected chi connectivity index (χ4v) is 3.77. The van der Waals surface area contributed by atoms with E-state index < -0.39 is 0 Å². The van der Waals surface area contributed by atoms with Gasteiger partial charge in [-0.05, 0) is 42.7 Å². The molecule has 2 aromatic carbocycles. The monoisotopic (exact) mass is 410 g/mol. The van der Waals surface area contributed by atoms with Crippen molar-refractivity contribution in [3.8, 4) is 11.5 Å². The molecule has 30 heavy (non-hydrogen) atoms. The molecule has 0 bridgehead atoms. The summed E-state index contributed by atoms with van der Waals surface area (Å²) in [7, 11) is 3.45. The maximum Gasteiger partial charge on any atom is 0.227 e. The van der Waals surface area contributed by atoms with Gasteiger partial charge in [0.2, 0.25) is 11.8 Å². The fraction of sp³-hybridized carbons (Fsp3) is 0.417. The molecule has 1 atom stereocenters. The van der Waals surface area contributed by atoms with Crippen LogP contribution in [0.4, 0.5) is 0 Å². The zero-order valence-electron chi connectivity index (χ0n) is 17.8. The van der Waals surface area contributed by atoms with Crippen LogP contribution in [-0.4, -0.2) is 55.5 Å². The molecular weight excluding hydrogens is 380 g/mol. The van der Waals surface area contributed by atoms with Crippen molar-refractivity contribution >= 4 is 11.8 Å². The number of ether oxygens (including phenoxy) is 2. The van der Waals surface area contributed by atoms with E-state index >= 15 is 0 Å². The van der Waals surface area contributed by atoms with Crippen molar-refractivity contribution in [1.29, 1.82) is 0 Å². The molecule has 1 aliphatic heterocycles. The fourth-order valence-electron chi connectivity index (χ4n) is 3.77. The Morgan fingerprint density at radius 2 is 1.87 bits per heavy atom. The largest absolute Gasteiger partial charge is 0.497 e. The number of hydrogen-bond donors (Lipinski definition) is 0. The predicted molar refractivity (Wildman–Crippen MR) is 115 cm³/mol. The van der Waals surface area contributed by atoms with Crippen LogP contribution in [0, 0.1) is 5.92 Å². The second-order valence-electron chi connectivity index (χ2n) is 7.64. The Hall–Kier alpha value is -3.02. The molecule has 6 heteroatoms. The first-order valence-electron chi connectivity index (χ1n) is 10.4. The average molecular weight is 411 g/mol. The van der Waals surface area contributed by atoms with Gasteiger partial charge in [0.15, 0.2) is 0 Å². The summed E-state index contributed by atoms with van der Waals surface area (Å²) >= 11 is 0. The van der Waals surface area contributed by atoms with Gasteiger partial charge >= 0.3 is 0 Å². The molecule has 2 amide bonds. The predicted octanol–water partition coefficient (Wildman–Crippen LogP) is 3.36. The molecular formula is C24H30N2O4. The summed E-state index contributed by atoms with van der Waals surface area (Å²) in [5, 5.41) is 0. The van der Waals surface area contributed by atoms with Crippen LogP contribution in [0.15, 0.2) is 54.6 Å². The Balaban J connectivity index is 1.49. The molecule has 3 rings (SSSR count). The summed E-state index contributed by atoms with van der Waals surface area (Å²) in [6, 6.07) is 17.2. The van der Waals surface area contributed by atoms with E-state index in [4.69, 9.17) is 9.47 Å². The maximum atomic E-state index is 13.0. The van der Waals surface area contributed by atoms with Gasteiger partial charge in [-0.2, -0.15) is 0 Å². The van der Waals surface area contributed by atoms with Crippen LogP contribution in [0.25, 0.3) is 0 Å². The maximum absolute atomic E-state index is 13.0. The lowest BCUT2D eigenvalue weighted by atomic mass is 9.96. The van der Waals surface area contributed by atoms with Gasteiger partial charge in [-0.3, -0.25) is 9.59 Å². The van der Waals surface area contributed by atoms with Crippen molar-refractivity contribution in [3.05, 3.63) is 60.2 Å². The van der Waals surface area contributed by atoms with Crippen molar-refractivity contribution in [2.75, 3.05) is 33.9 Å². The Bertz CT molecular complexity index is 840. The van der Waals surface area contributed by atoms with Crippen molar-refractivity contribution in [1.82, 2.24) is 9.80 Å². The third-order valence-corrected chi connectivity index (χ3v) is 5.38.